The van der Waals surface area contributed by atoms with Crippen molar-refractivity contribution >= 4 is 40.1 Å². The van der Waals surface area contributed by atoms with Crippen LogP contribution in [0.3, 0.4) is 0 Å². The number of nitrogens with two attached hydrogens (primary N) is 1. The standard InChI is InChI=1S/C23H23F6N5O5S2/c1-11(31-19(36)22(24,25)26)8-17(33-20(37)23(27,28)29)34-21(30)40-10-14-12(2)41-18(32-14)13-4-5-15(38-3)16(9-13)39-7-6-35/h4-5,8-9,35H,1,6-7,10H2,2-3H3,(H2,30,34)(H,31,36)(H,33,37)/b17-8-. The maximum absolute atomic E-state index is 12.7. The van der Waals surface area contributed by atoms with Crippen molar-refractivity contribution < 1.29 is 50.5 Å². The van der Waals surface area contributed by atoms with Crippen LogP contribution < -0.4 is 25.8 Å². The van der Waals surface area contributed by atoms with E-state index in [-0.39, 0.29) is 24.1 Å². The molecule has 0 aliphatic carbocycles. The quantitative estimate of drug-likeness (QED) is 0.127. The third-order valence-electron chi connectivity index (χ3n) is 4.58. The number of thioether (sulfide) groups is 1. The number of hydrogen-bond donors (Lipinski definition) is 4. The van der Waals surface area contributed by atoms with E-state index < -0.39 is 35.7 Å². The van der Waals surface area contributed by atoms with Gasteiger partial charge in [0.1, 0.15) is 17.4 Å². The Hall–Kier alpha value is -3.77. The molecule has 2 amide bonds. The summed E-state index contributed by atoms with van der Waals surface area (Å²) in [5.41, 5.74) is 6.18. The number of allylic oxidation sites excluding steroid dienone is 1. The Bertz CT molecular complexity index is 1340. The lowest BCUT2D eigenvalue weighted by molar-refractivity contribution is -0.172. The minimum atomic E-state index is -5.36. The van der Waals surface area contributed by atoms with Gasteiger partial charge in [-0.05, 0) is 25.1 Å². The highest BCUT2D eigenvalue weighted by Gasteiger charge is 2.40. The largest absolute Gasteiger partial charge is 0.493 e. The molecule has 10 nitrogen and oxygen atoms in total. The van der Waals surface area contributed by atoms with Crippen LogP contribution in [0.2, 0.25) is 0 Å². The van der Waals surface area contributed by atoms with Crippen LogP contribution in [0.25, 0.3) is 10.6 Å². The highest BCUT2D eigenvalue weighted by atomic mass is 32.2. The highest BCUT2D eigenvalue weighted by Crippen LogP contribution is 2.35. The number of ether oxygens (including phenoxy) is 2. The number of aliphatic hydroxyl groups excluding tert-OH is 1. The fourth-order valence-electron chi connectivity index (χ4n) is 2.76. The molecule has 0 fully saturated rings. The lowest BCUT2D eigenvalue weighted by Gasteiger charge is -2.11. The summed E-state index contributed by atoms with van der Waals surface area (Å²) in [4.78, 5) is 31.4. The molecule has 1 aromatic carbocycles. The van der Waals surface area contributed by atoms with Gasteiger partial charge in [-0.3, -0.25) is 9.59 Å². The summed E-state index contributed by atoms with van der Waals surface area (Å²) in [6, 6.07) is 5.07. The van der Waals surface area contributed by atoms with Gasteiger partial charge in [0, 0.05) is 28.0 Å². The van der Waals surface area contributed by atoms with Crippen molar-refractivity contribution in [1.82, 2.24) is 15.6 Å². The van der Waals surface area contributed by atoms with Gasteiger partial charge in [0.05, 0.1) is 19.4 Å². The van der Waals surface area contributed by atoms with Crippen molar-refractivity contribution in [2.45, 2.75) is 25.0 Å². The number of thiazole rings is 1. The molecule has 0 spiro atoms. The van der Waals surface area contributed by atoms with Gasteiger partial charge >= 0.3 is 24.2 Å². The normalized spacial score (nSPS) is 12.6. The first-order valence-corrected chi connectivity index (χ1v) is 12.9. The number of amidine groups is 1. The number of aliphatic hydroxyl groups is 1. The molecule has 0 radical (unpaired) electrons. The molecule has 18 heteroatoms. The number of carbonyl (C=O) groups is 2. The highest BCUT2D eigenvalue weighted by molar-refractivity contribution is 8.13. The number of aliphatic imine (C=N–C) groups is 1. The molecule has 1 heterocycles. The summed E-state index contributed by atoms with van der Waals surface area (Å²) in [5, 5.41) is 11.9. The first kappa shape index (κ1) is 33.4. The molecule has 224 valence electrons. The Morgan fingerprint density at radius 2 is 1.80 bits per heavy atom. The fraction of sp³-hybridized carbons (Fsp3) is 0.304. The van der Waals surface area contributed by atoms with E-state index in [0.717, 1.165) is 16.6 Å². The average molecular weight is 628 g/mol. The Balaban J connectivity index is 2.24. The molecule has 5 N–H and O–H groups in total. The summed E-state index contributed by atoms with van der Waals surface area (Å²) in [6.07, 6.45) is -10.2. The molecular weight excluding hydrogens is 604 g/mol. The van der Waals surface area contributed by atoms with Crippen LogP contribution in [0.15, 0.2) is 47.4 Å². The predicted octanol–water partition coefficient (Wildman–Crippen LogP) is 3.76. The third kappa shape index (κ3) is 10.3. The summed E-state index contributed by atoms with van der Waals surface area (Å²) < 4.78 is 86.3. The second-order valence-corrected chi connectivity index (χ2v) is 9.86. The Morgan fingerprint density at radius 1 is 1.17 bits per heavy atom. The molecule has 41 heavy (non-hydrogen) atoms. The SMILES string of the molecule is C=C(/C=C(\N=C(/N)SCc1nc(-c2ccc(OC)c(OCCO)c2)sc1C)NC(=O)C(F)(F)F)NC(=O)C(F)(F)F. The van der Waals surface area contributed by atoms with Crippen molar-refractivity contribution in [3.8, 4) is 22.1 Å². The van der Waals surface area contributed by atoms with Crippen LogP contribution in [-0.4, -0.2) is 59.7 Å². The van der Waals surface area contributed by atoms with Gasteiger partial charge in [0.15, 0.2) is 16.7 Å². The van der Waals surface area contributed by atoms with E-state index in [2.05, 4.69) is 16.6 Å². The van der Waals surface area contributed by atoms with E-state index in [1.54, 1.807) is 25.1 Å². The maximum Gasteiger partial charge on any atom is 0.471 e. The molecule has 2 rings (SSSR count). The maximum atomic E-state index is 12.7. The molecule has 0 atom stereocenters. The number of methoxy groups -OCH3 is 1. The van der Waals surface area contributed by atoms with E-state index in [9.17, 15) is 35.9 Å². The number of aryl methyl sites for hydroxylation is 1. The molecule has 0 saturated heterocycles. The van der Waals surface area contributed by atoms with Crippen LogP contribution in [0.5, 0.6) is 11.5 Å². The minimum absolute atomic E-state index is 0.0408. The van der Waals surface area contributed by atoms with Crippen molar-refractivity contribution in [1.29, 1.82) is 0 Å². The number of aromatic nitrogens is 1. The molecular formula is C23H23F6N5O5S2. The number of halogens is 6. The second kappa shape index (κ2) is 14.2. The molecule has 0 aliphatic heterocycles. The number of carbonyl (C=O) groups excluding carboxylic acids is 2. The van der Waals surface area contributed by atoms with Crippen molar-refractivity contribution in [3.05, 3.63) is 52.9 Å². The van der Waals surface area contributed by atoms with Crippen molar-refractivity contribution in [2.24, 2.45) is 10.7 Å². The van der Waals surface area contributed by atoms with E-state index in [0.29, 0.717) is 33.8 Å². The molecule has 1 aromatic heterocycles. The van der Waals surface area contributed by atoms with Gasteiger partial charge in [-0.15, -0.1) is 11.3 Å². The first-order valence-electron chi connectivity index (χ1n) is 11.1. The Kier molecular flexibility index (Phi) is 11.6. The van der Waals surface area contributed by atoms with Gasteiger partial charge in [-0.2, -0.15) is 26.3 Å². The molecule has 0 unspecified atom stereocenters. The third-order valence-corrected chi connectivity index (χ3v) is 6.45. The molecule has 0 saturated carbocycles. The van der Waals surface area contributed by atoms with Crippen molar-refractivity contribution in [3.63, 3.8) is 0 Å². The Labute approximate surface area is 237 Å². The number of alkyl halides is 6. The van der Waals surface area contributed by atoms with Crippen LogP contribution in [-0.2, 0) is 15.3 Å². The van der Waals surface area contributed by atoms with Crippen molar-refractivity contribution in [2.75, 3.05) is 20.3 Å². The summed E-state index contributed by atoms with van der Waals surface area (Å²) in [7, 11) is 1.46. The zero-order valence-electron chi connectivity index (χ0n) is 21.3. The number of benzene rings is 1. The summed E-state index contributed by atoms with van der Waals surface area (Å²) in [6.45, 7) is 4.70. The van der Waals surface area contributed by atoms with E-state index in [1.807, 2.05) is 0 Å². The first-order chi connectivity index (χ1) is 19.0. The van der Waals surface area contributed by atoms with Gasteiger partial charge in [0.2, 0.25) is 0 Å². The smallest absolute Gasteiger partial charge is 0.471 e. The average Bonchev–Trinajstić information content (AvgIpc) is 3.25. The molecule has 2 aromatic rings. The van der Waals surface area contributed by atoms with Crippen LogP contribution in [0.1, 0.15) is 10.6 Å². The monoisotopic (exact) mass is 627 g/mol. The Morgan fingerprint density at radius 3 is 2.39 bits per heavy atom. The van der Waals surface area contributed by atoms with E-state index >= 15 is 0 Å². The zero-order valence-corrected chi connectivity index (χ0v) is 22.9. The lowest BCUT2D eigenvalue weighted by Crippen LogP contribution is -2.37. The van der Waals surface area contributed by atoms with Gasteiger partial charge in [-0.25, -0.2) is 9.98 Å². The van der Waals surface area contributed by atoms with Gasteiger partial charge < -0.3 is 30.9 Å². The number of nitrogens with one attached hydrogen (secondary N) is 2. The lowest BCUT2D eigenvalue weighted by atomic mass is 10.2. The van der Waals surface area contributed by atoms with E-state index in [4.69, 9.17) is 20.3 Å². The number of nitrogens with zero attached hydrogens (tertiary/aromatic N) is 2. The topological polar surface area (TPSA) is 148 Å². The van der Waals surface area contributed by atoms with Crippen LogP contribution in [0.4, 0.5) is 26.3 Å². The number of amides is 2. The predicted molar refractivity (Wildman–Crippen MR) is 140 cm³/mol. The van der Waals surface area contributed by atoms with Crippen LogP contribution >= 0.6 is 23.1 Å². The van der Waals surface area contributed by atoms with Gasteiger partial charge in [-0.1, -0.05) is 18.3 Å². The fourth-order valence-corrected chi connectivity index (χ4v) is 4.50. The number of hydrogen-bond acceptors (Lipinski definition) is 9. The molecule has 0 bridgehead atoms. The van der Waals surface area contributed by atoms with Crippen LogP contribution in [0, 0.1) is 6.92 Å². The minimum Gasteiger partial charge on any atom is -0.493 e. The molecule has 0 aliphatic rings. The zero-order chi connectivity index (χ0) is 31.0. The number of rotatable bonds is 11. The van der Waals surface area contributed by atoms with E-state index in [1.165, 1.54) is 29.1 Å². The van der Waals surface area contributed by atoms with Gasteiger partial charge in [0.25, 0.3) is 0 Å². The second-order valence-electron chi connectivity index (χ2n) is 7.66. The summed E-state index contributed by atoms with van der Waals surface area (Å²) >= 11 is 2.13. The summed E-state index contributed by atoms with van der Waals surface area (Å²) in [5.74, 6) is -4.94.